The summed E-state index contributed by atoms with van der Waals surface area (Å²) < 4.78 is 6.88. The van der Waals surface area contributed by atoms with Crippen LogP contribution in [0.5, 0.6) is 5.75 Å². The monoisotopic (exact) mass is 333 g/mol. The van der Waals surface area contributed by atoms with E-state index in [0.717, 1.165) is 35.2 Å². The molecule has 0 aliphatic rings. The lowest BCUT2D eigenvalue weighted by molar-refractivity contribution is 0.312. The summed E-state index contributed by atoms with van der Waals surface area (Å²) in [4.78, 5) is 0. The second-order valence-corrected chi connectivity index (χ2v) is 5.64. The van der Waals surface area contributed by atoms with Gasteiger partial charge in [-0.05, 0) is 30.5 Å². The lowest BCUT2D eigenvalue weighted by Gasteiger charge is -2.17. The molecule has 2 nitrogen and oxygen atoms in total. The van der Waals surface area contributed by atoms with Crippen molar-refractivity contribution in [1.29, 1.82) is 0 Å². The fourth-order valence-corrected chi connectivity index (χ4v) is 2.59. The van der Waals surface area contributed by atoms with Crippen LogP contribution in [-0.2, 0) is 6.42 Å². The van der Waals surface area contributed by atoms with Crippen molar-refractivity contribution in [1.82, 2.24) is 0 Å². The topological polar surface area (TPSA) is 35.2 Å². The highest BCUT2D eigenvalue weighted by Gasteiger charge is 2.13. The minimum Gasteiger partial charge on any atom is -0.493 e. The van der Waals surface area contributed by atoms with Gasteiger partial charge in [-0.1, -0.05) is 59.3 Å². The number of ether oxygens (including phenoxy) is 1. The molecule has 106 valence electrons. The normalized spacial score (nSPS) is 12.2. The van der Waals surface area contributed by atoms with Gasteiger partial charge in [-0.3, -0.25) is 0 Å². The van der Waals surface area contributed by atoms with Crippen molar-refractivity contribution in [3.8, 4) is 5.75 Å². The number of rotatable bonds is 6. The fraction of sp³-hybridized carbons (Fsp3) is 0.294. The van der Waals surface area contributed by atoms with Crippen LogP contribution in [0.15, 0.2) is 53.0 Å². The van der Waals surface area contributed by atoms with E-state index >= 15 is 0 Å². The predicted octanol–water partition coefficient (Wildman–Crippen LogP) is 4.48. The molecule has 0 aliphatic heterocycles. The van der Waals surface area contributed by atoms with Gasteiger partial charge in [0, 0.05) is 16.1 Å². The van der Waals surface area contributed by atoms with Crippen LogP contribution in [0, 0.1) is 0 Å². The summed E-state index contributed by atoms with van der Waals surface area (Å²) in [6.07, 6.45) is 1.78. The lowest BCUT2D eigenvalue weighted by atomic mass is 9.99. The van der Waals surface area contributed by atoms with E-state index in [0.29, 0.717) is 0 Å². The van der Waals surface area contributed by atoms with Crippen LogP contribution < -0.4 is 10.5 Å². The van der Waals surface area contributed by atoms with E-state index in [-0.39, 0.29) is 6.04 Å². The van der Waals surface area contributed by atoms with Crippen molar-refractivity contribution >= 4 is 15.9 Å². The molecule has 20 heavy (non-hydrogen) atoms. The first-order chi connectivity index (χ1) is 9.72. The zero-order chi connectivity index (χ0) is 14.4. The Bertz CT molecular complexity index is 556. The fourth-order valence-electron chi connectivity index (χ4n) is 2.14. The van der Waals surface area contributed by atoms with Gasteiger partial charge >= 0.3 is 0 Å². The summed E-state index contributed by atoms with van der Waals surface area (Å²) in [7, 11) is 0. The smallest absolute Gasteiger partial charge is 0.124 e. The average molecular weight is 334 g/mol. The van der Waals surface area contributed by atoms with Crippen molar-refractivity contribution in [2.75, 3.05) is 6.61 Å². The molecule has 0 saturated heterocycles. The van der Waals surface area contributed by atoms with Gasteiger partial charge in [-0.15, -0.1) is 0 Å². The Balaban J connectivity index is 2.16. The molecule has 0 fully saturated rings. The Hall–Kier alpha value is -1.32. The van der Waals surface area contributed by atoms with E-state index in [2.05, 4.69) is 28.9 Å². The molecule has 1 atom stereocenters. The van der Waals surface area contributed by atoms with Gasteiger partial charge in [0.05, 0.1) is 6.61 Å². The molecule has 0 aromatic heterocycles. The number of para-hydroxylation sites is 1. The van der Waals surface area contributed by atoms with E-state index < -0.39 is 0 Å². The minimum absolute atomic E-state index is 0.0678. The van der Waals surface area contributed by atoms with Gasteiger partial charge < -0.3 is 10.5 Å². The van der Waals surface area contributed by atoms with Crippen molar-refractivity contribution in [2.45, 2.75) is 25.8 Å². The first-order valence-corrected chi connectivity index (χ1v) is 7.72. The van der Waals surface area contributed by atoms with Crippen LogP contribution >= 0.6 is 15.9 Å². The second kappa shape index (κ2) is 7.46. The van der Waals surface area contributed by atoms with E-state index in [4.69, 9.17) is 10.5 Å². The summed E-state index contributed by atoms with van der Waals surface area (Å²) >= 11 is 3.57. The van der Waals surface area contributed by atoms with Crippen LogP contribution in [0.25, 0.3) is 0 Å². The maximum absolute atomic E-state index is 6.37. The Labute approximate surface area is 129 Å². The van der Waals surface area contributed by atoms with E-state index in [1.807, 2.05) is 42.5 Å². The standard InChI is InChI=1S/C17H20BrNO/c1-2-11-20-17-10-6-4-8-14(17)16(19)12-13-7-3-5-9-15(13)18/h3-10,16H,2,11-12,19H2,1H3. The second-order valence-electron chi connectivity index (χ2n) is 4.79. The van der Waals surface area contributed by atoms with Gasteiger partial charge in [-0.2, -0.15) is 0 Å². The molecule has 0 radical (unpaired) electrons. The molecule has 3 heteroatoms. The number of benzene rings is 2. The quantitative estimate of drug-likeness (QED) is 0.845. The molecule has 0 heterocycles. The first kappa shape index (κ1) is 15.1. The number of hydrogen-bond donors (Lipinski definition) is 1. The zero-order valence-corrected chi connectivity index (χ0v) is 13.3. The zero-order valence-electron chi connectivity index (χ0n) is 11.7. The molecule has 2 aromatic rings. The summed E-state index contributed by atoms with van der Waals surface area (Å²) in [5, 5.41) is 0. The van der Waals surface area contributed by atoms with Crippen molar-refractivity contribution < 1.29 is 4.74 Å². The van der Waals surface area contributed by atoms with Crippen molar-refractivity contribution in [2.24, 2.45) is 5.73 Å². The summed E-state index contributed by atoms with van der Waals surface area (Å²) in [5.41, 5.74) is 8.65. The van der Waals surface area contributed by atoms with Crippen LogP contribution in [-0.4, -0.2) is 6.61 Å². The Kier molecular flexibility index (Phi) is 5.62. The number of halogens is 1. The van der Waals surface area contributed by atoms with E-state index in [1.54, 1.807) is 0 Å². The van der Waals surface area contributed by atoms with E-state index in [9.17, 15) is 0 Å². The van der Waals surface area contributed by atoms with E-state index in [1.165, 1.54) is 5.56 Å². The molecule has 1 unspecified atom stereocenters. The SMILES string of the molecule is CCCOc1ccccc1C(N)Cc1ccccc1Br. The summed E-state index contributed by atoms with van der Waals surface area (Å²) in [5.74, 6) is 0.897. The molecular weight excluding hydrogens is 314 g/mol. The highest BCUT2D eigenvalue weighted by atomic mass is 79.9. The maximum atomic E-state index is 6.37. The molecule has 0 spiro atoms. The van der Waals surface area contributed by atoms with Gasteiger partial charge in [0.25, 0.3) is 0 Å². The Morgan fingerprint density at radius 1 is 1.10 bits per heavy atom. The van der Waals surface area contributed by atoms with Crippen molar-refractivity contribution in [3.05, 3.63) is 64.1 Å². The maximum Gasteiger partial charge on any atom is 0.124 e. The third kappa shape index (κ3) is 3.84. The Morgan fingerprint density at radius 3 is 2.55 bits per heavy atom. The summed E-state index contributed by atoms with van der Waals surface area (Å²) in [6.45, 7) is 2.82. The predicted molar refractivity (Wildman–Crippen MR) is 87.0 cm³/mol. The van der Waals surface area contributed by atoms with Crippen LogP contribution in [0.3, 0.4) is 0 Å². The molecule has 2 aromatic carbocycles. The minimum atomic E-state index is -0.0678. The molecular formula is C17H20BrNO. The van der Waals surface area contributed by atoms with Gasteiger partial charge in [0.2, 0.25) is 0 Å². The molecule has 0 amide bonds. The molecule has 0 saturated carbocycles. The van der Waals surface area contributed by atoms with Gasteiger partial charge in [-0.25, -0.2) is 0 Å². The third-order valence-corrected chi connectivity index (χ3v) is 3.95. The van der Waals surface area contributed by atoms with Crippen LogP contribution in [0.4, 0.5) is 0 Å². The molecule has 0 aliphatic carbocycles. The third-order valence-electron chi connectivity index (χ3n) is 3.18. The molecule has 0 bridgehead atoms. The lowest BCUT2D eigenvalue weighted by Crippen LogP contribution is -2.15. The van der Waals surface area contributed by atoms with Gasteiger partial charge in [0.1, 0.15) is 5.75 Å². The highest BCUT2D eigenvalue weighted by Crippen LogP contribution is 2.28. The first-order valence-electron chi connectivity index (χ1n) is 6.93. The summed E-state index contributed by atoms with van der Waals surface area (Å²) in [6, 6.07) is 16.2. The Morgan fingerprint density at radius 2 is 1.80 bits per heavy atom. The van der Waals surface area contributed by atoms with Crippen LogP contribution in [0.1, 0.15) is 30.5 Å². The van der Waals surface area contributed by atoms with Gasteiger partial charge in [0.15, 0.2) is 0 Å². The number of nitrogens with two attached hydrogens (primary N) is 1. The van der Waals surface area contributed by atoms with Crippen molar-refractivity contribution in [3.63, 3.8) is 0 Å². The number of hydrogen-bond acceptors (Lipinski definition) is 2. The average Bonchev–Trinajstić information content (AvgIpc) is 2.47. The largest absolute Gasteiger partial charge is 0.493 e. The molecule has 2 N–H and O–H groups in total. The van der Waals surface area contributed by atoms with Crippen LogP contribution in [0.2, 0.25) is 0 Å². The molecule has 2 rings (SSSR count). The highest BCUT2D eigenvalue weighted by molar-refractivity contribution is 9.10.